The van der Waals surface area contributed by atoms with Gasteiger partial charge in [-0.15, -0.1) is 0 Å². The first-order chi connectivity index (χ1) is 11.5. The SMILES string of the molecule is COc1ccc2oc(-c3ccc(NC(=S)NC(C)=O)cc3)nc2c1. The fourth-order valence-corrected chi connectivity index (χ4v) is 2.44. The van der Waals surface area contributed by atoms with Crippen LogP contribution in [0.1, 0.15) is 6.92 Å². The van der Waals surface area contributed by atoms with E-state index in [4.69, 9.17) is 21.4 Å². The number of carbonyl (C=O) groups excluding carboxylic acids is 1. The Morgan fingerprint density at radius 3 is 2.62 bits per heavy atom. The summed E-state index contributed by atoms with van der Waals surface area (Å²) in [5.41, 5.74) is 3.02. The molecule has 24 heavy (non-hydrogen) atoms. The van der Waals surface area contributed by atoms with E-state index in [1.54, 1.807) is 7.11 Å². The molecule has 0 aliphatic carbocycles. The van der Waals surface area contributed by atoms with E-state index in [1.165, 1.54) is 6.92 Å². The van der Waals surface area contributed by atoms with E-state index in [0.717, 1.165) is 22.5 Å². The molecule has 0 bridgehead atoms. The molecule has 1 aromatic heterocycles. The fourth-order valence-electron chi connectivity index (χ4n) is 2.18. The van der Waals surface area contributed by atoms with Crippen LogP contribution in [0.2, 0.25) is 0 Å². The number of amides is 1. The summed E-state index contributed by atoms with van der Waals surface area (Å²) in [6, 6.07) is 12.9. The third kappa shape index (κ3) is 3.52. The highest BCUT2D eigenvalue weighted by atomic mass is 32.1. The molecule has 2 aromatic carbocycles. The van der Waals surface area contributed by atoms with Crippen molar-refractivity contribution in [3.8, 4) is 17.2 Å². The van der Waals surface area contributed by atoms with Crippen LogP contribution in [-0.2, 0) is 4.79 Å². The highest BCUT2D eigenvalue weighted by Gasteiger charge is 2.09. The molecule has 2 N–H and O–H groups in total. The molecule has 1 amide bonds. The quantitative estimate of drug-likeness (QED) is 0.712. The van der Waals surface area contributed by atoms with Crippen LogP contribution < -0.4 is 15.4 Å². The lowest BCUT2D eigenvalue weighted by Gasteiger charge is -2.07. The molecular weight excluding hydrogens is 326 g/mol. The lowest BCUT2D eigenvalue weighted by molar-refractivity contribution is -0.117. The van der Waals surface area contributed by atoms with Gasteiger partial charge in [0.1, 0.15) is 11.3 Å². The van der Waals surface area contributed by atoms with E-state index in [1.807, 2.05) is 42.5 Å². The summed E-state index contributed by atoms with van der Waals surface area (Å²) in [4.78, 5) is 15.4. The number of thiocarbonyl (C=S) groups is 1. The summed E-state index contributed by atoms with van der Waals surface area (Å²) < 4.78 is 10.9. The molecule has 0 atom stereocenters. The molecule has 0 aliphatic heterocycles. The molecule has 0 spiro atoms. The molecule has 0 radical (unpaired) electrons. The lowest BCUT2D eigenvalue weighted by atomic mass is 10.2. The predicted octanol–water partition coefficient (Wildman–Crippen LogP) is 3.34. The van der Waals surface area contributed by atoms with Crippen LogP contribution in [0.5, 0.6) is 5.75 Å². The van der Waals surface area contributed by atoms with E-state index in [0.29, 0.717) is 11.5 Å². The maximum absolute atomic E-state index is 10.9. The number of nitrogens with one attached hydrogen (secondary N) is 2. The van der Waals surface area contributed by atoms with Crippen molar-refractivity contribution in [2.24, 2.45) is 0 Å². The van der Waals surface area contributed by atoms with Crippen molar-refractivity contribution in [3.05, 3.63) is 42.5 Å². The van der Waals surface area contributed by atoms with Crippen molar-refractivity contribution in [2.75, 3.05) is 12.4 Å². The number of hydrogen-bond donors (Lipinski definition) is 2. The van der Waals surface area contributed by atoms with Crippen molar-refractivity contribution in [3.63, 3.8) is 0 Å². The van der Waals surface area contributed by atoms with Crippen LogP contribution in [0.25, 0.3) is 22.6 Å². The van der Waals surface area contributed by atoms with Crippen molar-refractivity contribution < 1.29 is 13.9 Å². The molecule has 0 saturated carbocycles. The topological polar surface area (TPSA) is 76.4 Å². The number of ether oxygens (including phenoxy) is 1. The Labute approximate surface area is 143 Å². The summed E-state index contributed by atoms with van der Waals surface area (Å²) >= 11 is 5.02. The van der Waals surface area contributed by atoms with Crippen LogP contribution >= 0.6 is 12.2 Å². The highest BCUT2D eigenvalue weighted by molar-refractivity contribution is 7.80. The minimum atomic E-state index is -0.217. The van der Waals surface area contributed by atoms with Crippen molar-refractivity contribution >= 4 is 40.0 Å². The summed E-state index contributed by atoms with van der Waals surface area (Å²) in [6.45, 7) is 1.40. The summed E-state index contributed by atoms with van der Waals surface area (Å²) in [7, 11) is 1.61. The molecule has 0 fully saturated rings. The van der Waals surface area contributed by atoms with E-state index in [2.05, 4.69) is 15.6 Å². The number of benzene rings is 2. The molecule has 3 aromatic rings. The Balaban J connectivity index is 1.80. The first kappa shape index (κ1) is 15.9. The largest absolute Gasteiger partial charge is 0.497 e. The molecular formula is C17H15N3O3S. The van der Waals surface area contributed by atoms with Gasteiger partial charge in [-0.25, -0.2) is 4.98 Å². The summed E-state index contributed by atoms with van der Waals surface area (Å²) in [5, 5.41) is 5.68. The fraction of sp³-hybridized carbons (Fsp3) is 0.118. The van der Waals surface area contributed by atoms with Gasteiger partial charge in [-0.2, -0.15) is 0 Å². The predicted molar refractivity (Wildman–Crippen MR) is 96.0 cm³/mol. The number of oxazole rings is 1. The zero-order valence-electron chi connectivity index (χ0n) is 13.1. The Morgan fingerprint density at radius 2 is 1.96 bits per heavy atom. The average molecular weight is 341 g/mol. The Hall–Kier alpha value is -2.93. The van der Waals surface area contributed by atoms with Crippen molar-refractivity contribution in [2.45, 2.75) is 6.92 Å². The summed E-state index contributed by atoms with van der Waals surface area (Å²) in [5.74, 6) is 1.04. The molecule has 3 rings (SSSR count). The van der Waals surface area contributed by atoms with E-state index < -0.39 is 0 Å². The molecule has 6 nitrogen and oxygen atoms in total. The molecule has 0 aliphatic rings. The van der Waals surface area contributed by atoms with Crippen LogP contribution in [-0.4, -0.2) is 23.1 Å². The number of nitrogens with zero attached hydrogens (tertiary/aromatic N) is 1. The smallest absolute Gasteiger partial charge is 0.227 e. The van der Waals surface area contributed by atoms with Crippen LogP contribution in [0, 0.1) is 0 Å². The number of methoxy groups -OCH3 is 1. The highest BCUT2D eigenvalue weighted by Crippen LogP contribution is 2.27. The van der Waals surface area contributed by atoms with Crippen LogP contribution in [0.15, 0.2) is 46.9 Å². The van der Waals surface area contributed by atoms with Crippen LogP contribution in [0.4, 0.5) is 5.69 Å². The van der Waals surface area contributed by atoms with E-state index in [-0.39, 0.29) is 11.0 Å². The van der Waals surface area contributed by atoms with E-state index in [9.17, 15) is 4.79 Å². The number of hydrogen-bond acceptors (Lipinski definition) is 5. The Kier molecular flexibility index (Phi) is 4.43. The molecule has 1 heterocycles. The molecule has 7 heteroatoms. The van der Waals surface area contributed by atoms with Gasteiger partial charge in [0.2, 0.25) is 11.8 Å². The second-order valence-electron chi connectivity index (χ2n) is 5.07. The van der Waals surface area contributed by atoms with Gasteiger partial charge in [0.05, 0.1) is 7.11 Å². The minimum Gasteiger partial charge on any atom is -0.497 e. The third-order valence-corrected chi connectivity index (χ3v) is 3.48. The van der Waals surface area contributed by atoms with E-state index >= 15 is 0 Å². The first-order valence-corrected chi connectivity index (χ1v) is 7.59. The van der Waals surface area contributed by atoms with Gasteiger partial charge in [0.15, 0.2) is 10.7 Å². The number of fused-ring (bicyclic) bond motifs is 1. The van der Waals surface area contributed by atoms with Crippen molar-refractivity contribution in [1.82, 2.24) is 10.3 Å². The monoisotopic (exact) mass is 341 g/mol. The van der Waals surface area contributed by atoms with Gasteiger partial charge in [-0.1, -0.05) is 0 Å². The number of anilines is 1. The zero-order valence-corrected chi connectivity index (χ0v) is 13.9. The maximum atomic E-state index is 10.9. The Bertz CT molecular complexity index is 903. The molecule has 122 valence electrons. The standard InChI is InChI=1S/C17H15N3O3S/c1-10(21)18-17(24)19-12-5-3-11(4-6-12)16-20-14-9-13(22-2)7-8-15(14)23-16/h3-9H,1-2H3,(H2,18,19,21,24). The second kappa shape index (κ2) is 6.67. The van der Waals surface area contributed by atoms with Gasteiger partial charge >= 0.3 is 0 Å². The zero-order chi connectivity index (χ0) is 17.1. The molecule has 0 saturated heterocycles. The average Bonchev–Trinajstić information content (AvgIpc) is 2.97. The van der Waals surface area contributed by atoms with Gasteiger partial charge in [-0.3, -0.25) is 4.79 Å². The van der Waals surface area contributed by atoms with Gasteiger partial charge in [0, 0.05) is 24.2 Å². The molecule has 0 unspecified atom stereocenters. The van der Waals surface area contributed by atoms with Crippen molar-refractivity contribution in [1.29, 1.82) is 0 Å². The number of aromatic nitrogens is 1. The normalized spacial score (nSPS) is 10.4. The number of rotatable bonds is 3. The van der Waals surface area contributed by atoms with Gasteiger partial charge in [0.25, 0.3) is 0 Å². The minimum absolute atomic E-state index is 0.217. The first-order valence-electron chi connectivity index (χ1n) is 7.19. The van der Waals surface area contributed by atoms with Crippen LogP contribution in [0.3, 0.4) is 0 Å². The second-order valence-corrected chi connectivity index (χ2v) is 5.47. The Morgan fingerprint density at radius 1 is 1.21 bits per heavy atom. The summed E-state index contributed by atoms with van der Waals surface area (Å²) in [6.07, 6.45) is 0. The van der Waals surface area contributed by atoms with Gasteiger partial charge in [-0.05, 0) is 48.6 Å². The number of carbonyl (C=O) groups is 1. The third-order valence-electron chi connectivity index (χ3n) is 3.27. The maximum Gasteiger partial charge on any atom is 0.227 e. The lowest BCUT2D eigenvalue weighted by Crippen LogP contribution is -2.32. The van der Waals surface area contributed by atoms with Gasteiger partial charge < -0.3 is 19.8 Å².